The van der Waals surface area contributed by atoms with Crippen molar-refractivity contribution >= 4 is 6.29 Å². The summed E-state index contributed by atoms with van der Waals surface area (Å²) in [5.74, 6) is 2.21. The van der Waals surface area contributed by atoms with Gasteiger partial charge in [-0.25, -0.2) is 4.98 Å². The van der Waals surface area contributed by atoms with Crippen LogP contribution in [-0.2, 0) is 17.8 Å². The average Bonchev–Trinajstić information content (AvgIpc) is 3.23. The van der Waals surface area contributed by atoms with Crippen LogP contribution in [-0.4, -0.2) is 11.3 Å². The van der Waals surface area contributed by atoms with Crippen molar-refractivity contribution in [1.29, 1.82) is 0 Å². The van der Waals surface area contributed by atoms with E-state index < -0.39 is 0 Å². The third kappa shape index (κ3) is 3.07. The topological polar surface area (TPSA) is 52.3 Å². The Morgan fingerprint density at radius 3 is 2.88 bits per heavy atom. The lowest BCUT2D eigenvalue weighted by Gasteiger charge is -2.08. The molecule has 2 aromatic carbocycles. The minimum Gasteiger partial charge on any atom is -0.487 e. The van der Waals surface area contributed by atoms with Crippen LogP contribution in [0.1, 0.15) is 34.9 Å². The van der Waals surface area contributed by atoms with Crippen LogP contribution in [0.5, 0.6) is 5.75 Å². The lowest BCUT2D eigenvalue weighted by molar-refractivity contribution is -0.109. The summed E-state index contributed by atoms with van der Waals surface area (Å²) >= 11 is 0. The summed E-state index contributed by atoms with van der Waals surface area (Å²) in [5, 5.41) is 0. The highest BCUT2D eigenvalue weighted by atomic mass is 16.5. The molecule has 4 heteroatoms. The van der Waals surface area contributed by atoms with Crippen LogP contribution < -0.4 is 4.74 Å². The van der Waals surface area contributed by atoms with Crippen LogP contribution in [0.3, 0.4) is 0 Å². The standard InChI is InChI=1S/C21H19NO3/c1-14-20(22-21(25-14)15-5-3-2-4-6-15)13-24-18-9-10-19-16(11-18)7-8-17(19)12-23/h2-6,9-12,17H,7-8,13H2,1H3. The van der Waals surface area contributed by atoms with E-state index in [1.807, 2.05) is 55.5 Å². The molecule has 1 aliphatic rings. The SMILES string of the molecule is Cc1oc(-c2ccccc2)nc1COc1ccc2c(c1)CCC2C=O. The fourth-order valence-electron chi connectivity index (χ4n) is 3.28. The van der Waals surface area contributed by atoms with Gasteiger partial charge in [0.25, 0.3) is 0 Å². The highest BCUT2D eigenvalue weighted by Gasteiger charge is 2.22. The second-order valence-electron chi connectivity index (χ2n) is 6.32. The molecule has 1 unspecified atom stereocenters. The van der Waals surface area contributed by atoms with Crippen LogP contribution in [0.2, 0.25) is 0 Å². The number of nitrogens with zero attached hydrogens (tertiary/aromatic N) is 1. The van der Waals surface area contributed by atoms with Crippen molar-refractivity contribution < 1.29 is 13.9 Å². The van der Waals surface area contributed by atoms with Crippen molar-refractivity contribution in [3.05, 3.63) is 71.1 Å². The largest absolute Gasteiger partial charge is 0.487 e. The van der Waals surface area contributed by atoms with Gasteiger partial charge in [0.15, 0.2) is 0 Å². The Labute approximate surface area is 146 Å². The molecule has 0 spiro atoms. The molecule has 4 nitrogen and oxygen atoms in total. The zero-order chi connectivity index (χ0) is 17.2. The average molecular weight is 333 g/mol. The Kier molecular flexibility index (Phi) is 4.10. The minimum atomic E-state index is 0.0373. The van der Waals surface area contributed by atoms with Crippen molar-refractivity contribution in [3.63, 3.8) is 0 Å². The van der Waals surface area contributed by atoms with E-state index in [1.165, 1.54) is 5.56 Å². The van der Waals surface area contributed by atoms with Crippen molar-refractivity contribution in [3.8, 4) is 17.2 Å². The molecule has 126 valence electrons. The van der Waals surface area contributed by atoms with Crippen LogP contribution in [0, 0.1) is 6.92 Å². The maximum Gasteiger partial charge on any atom is 0.226 e. The zero-order valence-corrected chi connectivity index (χ0v) is 14.1. The van der Waals surface area contributed by atoms with Gasteiger partial charge in [-0.2, -0.15) is 0 Å². The van der Waals surface area contributed by atoms with Crippen LogP contribution in [0.4, 0.5) is 0 Å². The van der Waals surface area contributed by atoms with E-state index in [9.17, 15) is 4.79 Å². The molecule has 0 fully saturated rings. The summed E-state index contributed by atoms with van der Waals surface area (Å²) in [5.41, 5.74) is 4.09. The smallest absolute Gasteiger partial charge is 0.226 e. The van der Waals surface area contributed by atoms with E-state index in [0.717, 1.165) is 47.5 Å². The Morgan fingerprint density at radius 1 is 1.24 bits per heavy atom. The number of hydrogen-bond donors (Lipinski definition) is 0. The molecule has 0 bridgehead atoms. The highest BCUT2D eigenvalue weighted by Crippen LogP contribution is 2.34. The van der Waals surface area contributed by atoms with Gasteiger partial charge in [0.2, 0.25) is 5.89 Å². The molecule has 1 aliphatic carbocycles. The third-order valence-corrected chi connectivity index (χ3v) is 4.69. The molecule has 1 heterocycles. The van der Waals surface area contributed by atoms with Crippen molar-refractivity contribution in [2.24, 2.45) is 0 Å². The molecule has 25 heavy (non-hydrogen) atoms. The number of aldehydes is 1. The predicted molar refractivity (Wildman–Crippen MR) is 94.6 cm³/mol. The number of rotatable bonds is 5. The van der Waals surface area contributed by atoms with Crippen molar-refractivity contribution in [2.75, 3.05) is 0 Å². The first kappa shape index (κ1) is 15.6. The van der Waals surface area contributed by atoms with Gasteiger partial charge in [0.1, 0.15) is 30.1 Å². The molecule has 3 aromatic rings. The molecule has 1 aromatic heterocycles. The van der Waals surface area contributed by atoms with Gasteiger partial charge < -0.3 is 13.9 Å². The second kappa shape index (κ2) is 6.55. The number of aryl methyl sites for hydroxylation is 2. The predicted octanol–water partition coefficient (Wildman–Crippen LogP) is 4.46. The van der Waals surface area contributed by atoms with E-state index in [-0.39, 0.29) is 5.92 Å². The summed E-state index contributed by atoms with van der Waals surface area (Å²) in [6, 6.07) is 15.8. The molecule has 0 radical (unpaired) electrons. The van der Waals surface area contributed by atoms with Gasteiger partial charge in [0.05, 0.1) is 0 Å². The van der Waals surface area contributed by atoms with Gasteiger partial charge in [0, 0.05) is 11.5 Å². The first-order chi connectivity index (χ1) is 12.2. The number of hydrogen-bond acceptors (Lipinski definition) is 4. The van der Waals surface area contributed by atoms with Gasteiger partial charge in [-0.15, -0.1) is 0 Å². The van der Waals surface area contributed by atoms with E-state index in [0.29, 0.717) is 12.5 Å². The summed E-state index contributed by atoms with van der Waals surface area (Å²) in [7, 11) is 0. The molecule has 4 rings (SSSR count). The first-order valence-electron chi connectivity index (χ1n) is 8.47. The molecular weight excluding hydrogens is 314 g/mol. The van der Waals surface area contributed by atoms with Crippen LogP contribution >= 0.6 is 0 Å². The Morgan fingerprint density at radius 2 is 2.08 bits per heavy atom. The number of oxazole rings is 1. The molecular formula is C21H19NO3. The monoisotopic (exact) mass is 333 g/mol. The lowest BCUT2D eigenvalue weighted by atomic mass is 10.0. The van der Waals surface area contributed by atoms with Gasteiger partial charge in [-0.3, -0.25) is 0 Å². The summed E-state index contributed by atoms with van der Waals surface area (Å²) in [6.07, 6.45) is 2.86. The van der Waals surface area contributed by atoms with E-state index in [1.54, 1.807) is 0 Å². The van der Waals surface area contributed by atoms with Gasteiger partial charge in [-0.05, 0) is 55.2 Å². The second-order valence-corrected chi connectivity index (χ2v) is 6.32. The zero-order valence-electron chi connectivity index (χ0n) is 14.1. The number of carbonyl (C=O) groups is 1. The number of ether oxygens (including phenoxy) is 1. The van der Waals surface area contributed by atoms with Gasteiger partial charge in [-0.1, -0.05) is 24.3 Å². The van der Waals surface area contributed by atoms with Crippen molar-refractivity contribution in [2.45, 2.75) is 32.3 Å². The normalized spacial score (nSPS) is 15.8. The Hall–Kier alpha value is -2.88. The van der Waals surface area contributed by atoms with Gasteiger partial charge >= 0.3 is 0 Å². The Balaban J connectivity index is 1.49. The number of benzene rings is 2. The summed E-state index contributed by atoms with van der Waals surface area (Å²) < 4.78 is 11.7. The van der Waals surface area contributed by atoms with Crippen LogP contribution in [0.25, 0.3) is 11.5 Å². The number of fused-ring (bicyclic) bond motifs is 1. The fraction of sp³-hybridized carbons (Fsp3) is 0.238. The Bertz CT molecular complexity index is 899. The fourth-order valence-corrected chi connectivity index (χ4v) is 3.28. The third-order valence-electron chi connectivity index (χ3n) is 4.69. The maximum atomic E-state index is 11.1. The quantitative estimate of drug-likeness (QED) is 0.647. The molecule has 0 saturated heterocycles. The number of aromatic nitrogens is 1. The van der Waals surface area contributed by atoms with E-state index >= 15 is 0 Å². The summed E-state index contributed by atoms with van der Waals surface area (Å²) in [6.45, 7) is 2.26. The highest BCUT2D eigenvalue weighted by molar-refractivity contribution is 5.65. The molecule has 0 aliphatic heterocycles. The van der Waals surface area contributed by atoms with E-state index in [2.05, 4.69) is 4.98 Å². The minimum absolute atomic E-state index is 0.0373. The molecule has 0 N–H and O–H groups in total. The summed E-state index contributed by atoms with van der Waals surface area (Å²) in [4.78, 5) is 15.6. The molecule has 1 atom stereocenters. The van der Waals surface area contributed by atoms with Crippen molar-refractivity contribution in [1.82, 2.24) is 4.98 Å². The number of carbonyl (C=O) groups excluding carboxylic acids is 1. The lowest BCUT2D eigenvalue weighted by Crippen LogP contribution is -1.99. The van der Waals surface area contributed by atoms with E-state index in [4.69, 9.17) is 9.15 Å². The molecule has 0 saturated carbocycles. The first-order valence-corrected chi connectivity index (χ1v) is 8.47. The maximum absolute atomic E-state index is 11.1. The van der Waals surface area contributed by atoms with Crippen LogP contribution in [0.15, 0.2) is 52.9 Å². The molecule has 0 amide bonds.